The number of unbranched alkanes of at least 4 members (excludes halogenated alkanes) is 1. The number of hydrogen-bond acceptors (Lipinski definition) is 4. The van der Waals surface area contributed by atoms with Crippen molar-refractivity contribution < 1.29 is 0 Å². The Bertz CT molecular complexity index is 764. The van der Waals surface area contributed by atoms with E-state index in [0.717, 1.165) is 68.8 Å². The maximum absolute atomic E-state index is 4.65. The van der Waals surface area contributed by atoms with Gasteiger partial charge in [-0.1, -0.05) is 13.8 Å². The predicted molar refractivity (Wildman–Crippen MR) is 122 cm³/mol. The van der Waals surface area contributed by atoms with Crippen molar-refractivity contribution in [3.8, 4) is 0 Å². The van der Waals surface area contributed by atoms with Gasteiger partial charge in [0.2, 0.25) is 0 Å². The van der Waals surface area contributed by atoms with E-state index in [1.54, 1.807) is 0 Å². The molecule has 0 saturated heterocycles. The number of nitrogens with one attached hydrogen (secondary N) is 2. The van der Waals surface area contributed by atoms with E-state index in [1.165, 1.54) is 0 Å². The third-order valence-corrected chi connectivity index (χ3v) is 5.00. The van der Waals surface area contributed by atoms with Gasteiger partial charge in [-0.25, -0.2) is 14.6 Å². The second-order valence-electron chi connectivity index (χ2n) is 7.48. The molecule has 2 aromatic heterocycles. The molecule has 1 aliphatic heterocycles. The van der Waals surface area contributed by atoms with Crippen molar-refractivity contribution in [2.45, 2.75) is 71.5 Å². The van der Waals surface area contributed by atoms with E-state index in [1.807, 2.05) is 26.4 Å². The van der Waals surface area contributed by atoms with Crippen LogP contribution in [-0.2, 0) is 19.5 Å². The van der Waals surface area contributed by atoms with Gasteiger partial charge in [0.25, 0.3) is 0 Å². The lowest BCUT2D eigenvalue weighted by molar-refractivity contribution is 0.391. The number of imidazole rings is 1. The van der Waals surface area contributed by atoms with Crippen molar-refractivity contribution in [1.82, 2.24) is 34.9 Å². The Kier molecular flexibility index (Phi) is 8.71. The molecular weight excluding hydrogens is 467 g/mol. The summed E-state index contributed by atoms with van der Waals surface area (Å²) >= 11 is 0. The average Bonchev–Trinajstić information content (AvgIpc) is 3.26. The fraction of sp³-hybridized carbons (Fsp3) is 0.684. The largest absolute Gasteiger partial charge is 0.356 e. The van der Waals surface area contributed by atoms with Gasteiger partial charge >= 0.3 is 0 Å². The molecule has 1 atom stereocenters. The standard InChI is InChI=1S/C19H32N8.HI/c1-14(2)18-24-17-8-7-16(13-27(17)25-18)23-19(20-4)22-9-5-6-11-26-12-10-21-15(26)3;/h10,12,14,16H,5-9,11,13H2,1-4H3,(H2,20,22,23);1H. The summed E-state index contributed by atoms with van der Waals surface area (Å²) in [5, 5.41) is 11.6. The van der Waals surface area contributed by atoms with Gasteiger partial charge in [0.05, 0.1) is 6.54 Å². The highest BCUT2D eigenvalue weighted by Gasteiger charge is 2.23. The second-order valence-corrected chi connectivity index (χ2v) is 7.48. The van der Waals surface area contributed by atoms with Crippen LogP contribution in [0.4, 0.5) is 0 Å². The first-order valence-corrected chi connectivity index (χ1v) is 9.95. The van der Waals surface area contributed by atoms with Gasteiger partial charge in [0, 0.05) is 50.9 Å². The highest BCUT2D eigenvalue weighted by atomic mass is 127. The number of aromatic nitrogens is 5. The Morgan fingerprint density at radius 1 is 1.36 bits per heavy atom. The molecule has 2 N–H and O–H groups in total. The molecule has 0 aromatic carbocycles. The predicted octanol–water partition coefficient (Wildman–Crippen LogP) is 2.48. The summed E-state index contributed by atoms with van der Waals surface area (Å²) < 4.78 is 4.24. The first kappa shape index (κ1) is 22.6. The van der Waals surface area contributed by atoms with E-state index in [2.05, 4.69) is 53.8 Å². The number of guanidine groups is 1. The molecule has 3 heterocycles. The third-order valence-electron chi connectivity index (χ3n) is 5.00. The Balaban J connectivity index is 0.00000280. The molecule has 2 aromatic rings. The van der Waals surface area contributed by atoms with Crippen LogP contribution in [0.3, 0.4) is 0 Å². The molecule has 8 nitrogen and oxygen atoms in total. The van der Waals surface area contributed by atoms with E-state index >= 15 is 0 Å². The second kappa shape index (κ2) is 10.8. The topological polar surface area (TPSA) is 84.9 Å². The van der Waals surface area contributed by atoms with Crippen LogP contribution in [0.15, 0.2) is 17.4 Å². The minimum Gasteiger partial charge on any atom is -0.356 e. The number of fused-ring (bicyclic) bond motifs is 1. The van der Waals surface area contributed by atoms with E-state index in [4.69, 9.17) is 0 Å². The minimum absolute atomic E-state index is 0. The quantitative estimate of drug-likeness (QED) is 0.264. The van der Waals surface area contributed by atoms with Crippen LogP contribution in [0.2, 0.25) is 0 Å². The van der Waals surface area contributed by atoms with Crippen LogP contribution in [0.25, 0.3) is 0 Å². The van der Waals surface area contributed by atoms with Gasteiger partial charge in [-0.3, -0.25) is 4.99 Å². The highest BCUT2D eigenvalue weighted by molar-refractivity contribution is 14.0. The van der Waals surface area contributed by atoms with Crippen LogP contribution >= 0.6 is 24.0 Å². The highest BCUT2D eigenvalue weighted by Crippen LogP contribution is 2.16. The van der Waals surface area contributed by atoms with Crippen LogP contribution in [0.5, 0.6) is 0 Å². The summed E-state index contributed by atoms with van der Waals surface area (Å²) in [4.78, 5) is 13.3. The molecule has 156 valence electrons. The van der Waals surface area contributed by atoms with Crippen molar-refractivity contribution in [3.63, 3.8) is 0 Å². The van der Waals surface area contributed by atoms with Crippen LogP contribution in [-0.4, -0.2) is 49.9 Å². The summed E-state index contributed by atoms with van der Waals surface area (Å²) in [6, 6.07) is 0.332. The van der Waals surface area contributed by atoms with Gasteiger partial charge in [-0.15, -0.1) is 24.0 Å². The molecule has 28 heavy (non-hydrogen) atoms. The molecule has 3 rings (SSSR count). The van der Waals surface area contributed by atoms with Crippen molar-refractivity contribution in [2.75, 3.05) is 13.6 Å². The number of hydrogen-bond donors (Lipinski definition) is 2. The molecule has 1 aliphatic rings. The Morgan fingerprint density at radius 3 is 2.86 bits per heavy atom. The molecule has 9 heteroatoms. The summed E-state index contributed by atoms with van der Waals surface area (Å²) in [5.74, 6) is 4.36. The minimum atomic E-state index is 0. The van der Waals surface area contributed by atoms with E-state index in [9.17, 15) is 0 Å². The van der Waals surface area contributed by atoms with Gasteiger partial charge in [0.15, 0.2) is 11.8 Å². The lowest BCUT2D eigenvalue weighted by Crippen LogP contribution is -2.47. The number of nitrogens with zero attached hydrogens (tertiary/aromatic N) is 6. The third kappa shape index (κ3) is 5.92. The van der Waals surface area contributed by atoms with Crippen molar-refractivity contribution in [2.24, 2.45) is 4.99 Å². The monoisotopic (exact) mass is 500 g/mol. The molecule has 0 saturated carbocycles. The molecule has 0 bridgehead atoms. The Hall–Kier alpha value is -1.65. The number of aryl methyl sites for hydroxylation is 3. The first-order chi connectivity index (χ1) is 13.1. The summed E-state index contributed by atoms with van der Waals surface area (Å²) in [6.07, 6.45) is 8.11. The first-order valence-electron chi connectivity index (χ1n) is 9.95. The van der Waals surface area contributed by atoms with Crippen LogP contribution in [0.1, 0.15) is 56.5 Å². The number of aliphatic imine (C=N–C) groups is 1. The molecule has 0 spiro atoms. The fourth-order valence-corrected chi connectivity index (χ4v) is 3.33. The van der Waals surface area contributed by atoms with Gasteiger partial charge in [-0.05, 0) is 26.2 Å². The van der Waals surface area contributed by atoms with Crippen molar-refractivity contribution in [3.05, 3.63) is 29.9 Å². The zero-order valence-electron chi connectivity index (χ0n) is 17.4. The zero-order valence-corrected chi connectivity index (χ0v) is 19.7. The van der Waals surface area contributed by atoms with Gasteiger partial charge in [0.1, 0.15) is 11.6 Å². The van der Waals surface area contributed by atoms with E-state index in [-0.39, 0.29) is 24.0 Å². The maximum Gasteiger partial charge on any atom is 0.191 e. The summed E-state index contributed by atoms with van der Waals surface area (Å²) in [7, 11) is 1.82. The molecule has 0 aliphatic carbocycles. The lowest BCUT2D eigenvalue weighted by atomic mass is 10.1. The van der Waals surface area contributed by atoms with Crippen molar-refractivity contribution >= 4 is 29.9 Å². The number of halogens is 1. The number of rotatable bonds is 7. The zero-order chi connectivity index (χ0) is 19.2. The lowest BCUT2D eigenvalue weighted by Gasteiger charge is -2.25. The molecular formula is C19H33IN8. The Labute approximate surface area is 184 Å². The van der Waals surface area contributed by atoms with Gasteiger partial charge in [-0.2, -0.15) is 5.10 Å². The average molecular weight is 500 g/mol. The van der Waals surface area contributed by atoms with Gasteiger partial charge < -0.3 is 15.2 Å². The Morgan fingerprint density at radius 2 is 2.18 bits per heavy atom. The van der Waals surface area contributed by atoms with Crippen molar-refractivity contribution in [1.29, 1.82) is 0 Å². The summed E-state index contributed by atoms with van der Waals surface area (Å²) in [5.41, 5.74) is 0. The summed E-state index contributed by atoms with van der Waals surface area (Å²) in [6.45, 7) is 9.07. The molecule has 0 amide bonds. The maximum atomic E-state index is 4.65. The molecule has 1 unspecified atom stereocenters. The van der Waals surface area contributed by atoms with E-state index < -0.39 is 0 Å². The normalized spacial score (nSPS) is 16.6. The van der Waals surface area contributed by atoms with Crippen LogP contribution in [0, 0.1) is 6.92 Å². The van der Waals surface area contributed by atoms with E-state index in [0.29, 0.717) is 12.0 Å². The smallest absolute Gasteiger partial charge is 0.191 e. The van der Waals surface area contributed by atoms with Crippen LogP contribution < -0.4 is 10.6 Å². The molecule has 0 fully saturated rings. The fourth-order valence-electron chi connectivity index (χ4n) is 3.33. The SMILES string of the molecule is CN=C(NCCCCn1ccnc1C)NC1CCc2nc(C(C)C)nn2C1.I. The molecule has 0 radical (unpaired) electrons.